The predicted molar refractivity (Wildman–Crippen MR) is 111 cm³/mol. The molecule has 1 aromatic heterocycles. The molecule has 4 nitrogen and oxygen atoms in total. The molecule has 0 atom stereocenters. The Morgan fingerprint density at radius 2 is 1.57 bits per heavy atom. The maximum absolute atomic E-state index is 9.18. The van der Waals surface area contributed by atoms with E-state index in [1.54, 1.807) is 0 Å². The Bertz CT molecular complexity index is 879. The number of fused-ring (bicyclic) bond motifs is 1. The largest absolute Gasteiger partial charge is 0.462 e. The number of aliphatic hydroxyl groups excluding tert-OH is 1. The number of furan rings is 1. The molecule has 0 amide bonds. The standard InChI is InChI=1S/C24H28N2O2/c1-26(16-19-7-3-2-4-8-19)24(13-20-9-5-6-10-21(20)14-24)18-25-15-22-11-12-23(17-27)28-22/h2-12,25,27H,13-18H2,1H3. The molecule has 146 valence electrons. The number of aliphatic hydroxyl groups is 1. The van der Waals surface area contributed by atoms with Crippen LogP contribution in [0.2, 0.25) is 0 Å². The van der Waals surface area contributed by atoms with Crippen LogP contribution in [0.1, 0.15) is 28.2 Å². The third-order valence-corrected chi connectivity index (χ3v) is 5.86. The van der Waals surface area contributed by atoms with Crippen LogP contribution in [0.15, 0.2) is 71.1 Å². The van der Waals surface area contributed by atoms with E-state index in [-0.39, 0.29) is 12.1 Å². The first-order valence-electron chi connectivity index (χ1n) is 9.90. The van der Waals surface area contributed by atoms with Crippen LogP contribution in [0, 0.1) is 0 Å². The van der Waals surface area contributed by atoms with Gasteiger partial charge in [0.2, 0.25) is 0 Å². The number of rotatable bonds is 8. The van der Waals surface area contributed by atoms with E-state index < -0.39 is 0 Å². The number of hydrogen-bond donors (Lipinski definition) is 2. The fraction of sp³-hybridized carbons (Fsp3) is 0.333. The molecule has 28 heavy (non-hydrogen) atoms. The SMILES string of the molecule is CN(Cc1ccccc1)C1(CNCc2ccc(CO)o2)Cc2ccccc2C1. The van der Waals surface area contributed by atoms with E-state index in [1.165, 1.54) is 16.7 Å². The minimum Gasteiger partial charge on any atom is -0.462 e. The first-order chi connectivity index (χ1) is 13.7. The lowest BCUT2D eigenvalue weighted by Crippen LogP contribution is -2.53. The smallest absolute Gasteiger partial charge is 0.129 e. The van der Waals surface area contributed by atoms with E-state index in [4.69, 9.17) is 4.42 Å². The highest BCUT2D eigenvalue weighted by Crippen LogP contribution is 2.34. The maximum atomic E-state index is 9.18. The van der Waals surface area contributed by atoms with Crippen LogP contribution in [-0.2, 0) is 32.5 Å². The fourth-order valence-corrected chi connectivity index (χ4v) is 4.25. The summed E-state index contributed by atoms with van der Waals surface area (Å²) in [6.45, 7) is 2.41. The van der Waals surface area contributed by atoms with E-state index in [0.29, 0.717) is 12.3 Å². The molecule has 0 spiro atoms. The van der Waals surface area contributed by atoms with E-state index >= 15 is 0 Å². The molecule has 1 aliphatic carbocycles. The van der Waals surface area contributed by atoms with Crippen molar-refractivity contribution in [2.45, 2.75) is 38.1 Å². The lowest BCUT2D eigenvalue weighted by molar-refractivity contribution is 0.116. The summed E-state index contributed by atoms with van der Waals surface area (Å²) in [5.41, 5.74) is 4.26. The molecule has 4 heteroatoms. The van der Waals surface area contributed by atoms with Crippen LogP contribution >= 0.6 is 0 Å². The molecular weight excluding hydrogens is 348 g/mol. The monoisotopic (exact) mass is 376 g/mol. The Morgan fingerprint density at radius 1 is 0.929 bits per heavy atom. The average Bonchev–Trinajstić information content (AvgIpc) is 3.33. The molecule has 2 aromatic carbocycles. The minimum atomic E-state index is -0.0565. The van der Waals surface area contributed by atoms with Crippen LogP contribution in [0.25, 0.3) is 0 Å². The first kappa shape index (κ1) is 18.9. The van der Waals surface area contributed by atoms with E-state index in [0.717, 1.165) is 31.7 Å². The second kappa shape index (κ2) is 8.31. The van der Waals surface area contributed by atoms with Crippen LogP contribution in [-0.4, -0.2) is 29.1 Å². The number of benzene rings is 2. The Labute approximate surface area is 166 Å². The van der Waals surface area contributed by atoms with Crippen molar-refractivity contribution in [3.8, 4) is 0 Å². The summed E-state index contributed by atoms with van der Waals surface area (Å²) in [7, 11) is 2.23. The van der Waals surface area contributed by atoms with E-state index in [2.05, 4.69) is 71.9 Å². The van der Waals surface area contributed by atoms with Gasteiger partial charge in [-0.05, 0) is 48.7 Å². The Morgan fingerprint density at radius 3 is 2.21 bits per heavy atom. The van der Waals surface area contributed by atoms with Crippen LogP contribution in [0.5, 0.6) is 0 Å². The Hall–Kier alpha value is -2.40. The van der Waals surface area contributed by atoms with Crippen LogP contribution in [0.3, 0.4) is 0 Å². The van der Waals surface area contributed by atoms with Gasteiger partial charge in [0.1, 0.15) is 18.1 Å². The van der Waals surface area contributed by atoms with Crippen LogP contribution in [0.4, 0.5) is 0 Å². The van der Waals surface area contributed by atoms with Crippen LogP contribution < -0.4 is 5.32 Å². The zero-order chi connectivity index (χ0) is 19.4. The fourth-order valence-electron chi connectivity index (χ4n) is 4.25. The number of likely N-dealkylation sites (N-methyl/N-ethyl adjacent to an activating group) is 1. The van der Waals surface area contributed by atoms with Gasteiger partial charge in [-0.25, -0.2) is 0 Å². The zero-order valence-electron chi connectivity index (χ0n) is 16.4. The van der Waals surface area contributed by atoms with Crippen molar-refractivity contribution >= 4 is 0 Å². The highest BCUT2D eigenvalue weighted by molar-refractivity contribution is 5.37. The maximum Gasteiger partial charge on any atom is 0.129 e. The highest BCUT2D eigenvalue weighted by Gasteiger charge is 2.40. The van der Waals surface area contributed by atoms with Gasteiger partial charge in [-0.2, -0.15) is 0 Å². The molecule has 0 radical (unpaired) electrons. The molecular formula is C24H28N2O2. The van der Waals surface area contributed by atoms with Crippen molar-refractivity contribution in [1.82, 2.24) is 10.2 Å². The normalized spacial score (nSPS) is 15.1. The highest BCUT2D eigenvalue weighted by atomic mass is 16.4. The summed E-state index contributed by atoms with van der Waals surface area (Å²) in [6.07, 6.45) is 2.08. The van der Waals surface area contributed by atoms with Gasteiger partial charge >= 0.3 is 0 Å². The van der Waals surface area contributed by atoms with Crippen molar-refractivity contribution in [3.05, 3.63) is 94.9 Å². The molecule has 3 aromatic rings. The lowest BCUT2D eigenvalue weighted by atomic mass is 9.92. The third kappa shape index (κ3) is 4.04. The van der Waals surface area contributed by atoms with Gasteiger partial charge in [0.25, 0.3) is 0 Å². The molecule has 0 unspecified atom stereocenters. The van der Waals surface area contributed by atoms with Gasteiger partial charge < -0.3 is 14.8 Å². The Balaban J connectivity index is 1.49. The number of nitrogens with one attached hydrogen (secondary N) is 1. The second-order valence-electron chi connectivity index (χ2n) is 7.82. The average molecular weight is 377 g/mol. The Kier molecular flexibility index (Phi) is 5.62. The molecule has 0 aliphatic heterocycles. The minimum absolute atomic E-state index is 0.0337. The molecule has 0 saturated carbocycles. The van der Waals surface area contributed by atoms with Gasteiger partial charge in [-0.15, -0.1) is 0 Å². The first-order valence-corrected chi connectivity index (χ1v) is 9.90. The number of nitrogens with zero attached hydrogens (tertiary/aromatic N) is 1. The molecule has 0 saturated heterocycles. The van der Waals surface area contributed by atoms with Crippen molar-refractivity contribution in [1.29, 1.82) is 0 Å². The molecule has 0 fully saturated rings. The quantitative estimate of drug-likeness (QED) is 0.631. The second-order valence-corrected chi connectivity index (χ2v) is 7.82. The van der Waals surface area contributed by atoms with Gasteiger partial charge in [0, 0.05) is 18.6 Å². The summed E-state index contributed by atoms with van der Waals surface area (Å²) in [5, 5.41) is 12.8. The third-order valence-electron chi connectivity index (χ3n) is 5.86. The van der Waals surface area contributed by atoms with Crippen molar-refractivity contribution in [3.63, 3.8) is 0 Å². The van der Waals surface area contributed by atoms with Crippen molar-refractivity contribution < 1.29 is 9.52 Å². The van der Waals surface area contributed by atoms with Gasteiger partial charge in [-0.3, -0.25) is 4.90 Å². The zero-order valence-corrected chi connectivity index (χ0v) is 16.4. The topological polar surface area (TPSA) is 48.6 Å². The van der Waals surface area contributed by atoms with Gasteiger partial charge in [0.15, 0.2) is 0 Å². The molecule has 4 rings (SSSR count). The summed E-state index contributed by atoms with van der Waals surface area (Å²) >= 11 is 0. The predicted octanol–water partition coefficient (Wildman–Crippen LogP) is 3.53. The van der Waals surface area contributed by atoms with Crippen molar-refractivity contribution in [2.24, 2.45) is 0 Å². The molecule has 0 bridgehead atoms. The van der Waals surface area contributed by atoms with Gasteiger partial charge in [0.05, 0.1) is 6.54 Å². The molecule has 2 N–H and O–H groups in total. The lowest BCUT2D eigenvalue weighted by Gasteiger charge is -2.39. The summed E-state index contributed by atoms with van der Waals surface area (Å²) in [5.74, 6) is 1.47. The number of hydrogen-bond acceptors (Lipinski definition) is 4. The van der Waals surface area contributed by atoms with Crippen molar-refractivity contribution in [2.75, 3.05) is 13.6 Å². The van der Waals surface area contributed by atoms with E-state index in [9.17, 15) is 5.11 Å². The summed E-state index contributed by atoms with van der Waals surface area (Å²) in [4.78, 5) is 2.50. The molecule has 1 aliphatic rings. The summed E-state index contributed by atoms with van der Waals surface area (Å²) in [6, 6.07) is 23.2. The summed E-state index contributed by atoms with van der Waals surface area (Å²) < 4.78 is 5.62. The van der Waals surface area contributed by atoms with E-state index in [1.807, 2.05) is 12.1 Å². The van der Waals surface area contributed by atoms with Gasteiger partial charge in [-0.1, -0.05) is 54.6 Å². The molecule has 1 heterocycles.